The Balaban J connectivity index is 1.72. The van der Waals surface area contributed by atoms with Gasteiger partial charge in [0.1, 0.15) is 11.9 Å². The highest BCUT2D eigenvalue weighted by atomic mass is 16.5. The Bertz CT molecular complexity index is 763. The van der Waals surface area contributed by atoms with Gasteiger partial charge in [0.2, 0.25) is 5.91 Å². The van der Waals surface area contributed by atoms with Crippen LogP contribution in [0, 0.1) is 13.8 Å². The summed E-state index contributed by atoms with van der Waals surface area (Å²) in [7, 11) is 0. The highest BCUT2D eigenvalue weighted by molar-refractivity contribution is 5.83. The van der Waals surface area contributed by atoms with E-state index in [0.717, 1.165) is 41.0 Å². The van der Waals surface area contributed by atoms with Crippen LogP contribution in [0.2, 0.25) is 0 Å². The van der Waals surface area contributed by atoms with Crippen molar-refractivity contribution in [3.8, 4) is 5.75 Å². The summed E-state index contributed by atoms with van der Waals surface area (Å²) < 4.78 is 6.26. The summed E-state index contributed by atoms with van der Waals surface area (Å²) in [5, 5.41) is 6.18. The third kappa shape index (κ3) is 4.14. The van der Waals surface area contributed by atoms with Crippen LogP contribution in [0.3, 0.4) is 0 Å². The topological polar surface area (TPSA) is 50.4 Å². The van der Waals surface area contributed by atoms with Gasteiger partial charge in [-0.25, -0.2) is 0 Å². The van der Waals surface area contributed by atoms with Crippen molar-refractivity contribution < 1.29 is 9.53 Å². The van der Waals surface area contributed by atoms with E-state index in [0.29, 0.717) is 6.54 Å². The van der Waals surface area contributed by atoms with Crippen LogP contribution in [0.15, 0.2) is 55.1 Å². The molecule has 1 amide bonds. The van der Waals surface area contributed by atoms with Gasteiger partial charge in [-0.05, 0) is 48.6 Å². The molecule has 3 rings (SSSR count). The molecule has 0 radical (unpaired) electrons. The van der Waals surface area contributed by atoms with Gasteiger partial charge < -0.3 is 15.4 Å². The van der Waals surface area contributed by atoms with Crippen LogP contribution in [-0.4, -0.2) is 18.5 Å². The predicted molar refractivity (Wildman–Crippen MR) is 104 cm³/mol. The number of aryl methyl sites for hydroxylation is 2. The standard InChI is InChI=1S/C22H26N2O2/c1-4-20(18-8-6-5-7-9-18)26-21-15(2)12-17(13-16(21)3)14-24-19-10-11-23-22(19)25/h4-9,12-13,19-20,24H,1,10-11,14H2,2-3H3,(H,23,25). The van der Waals surface area contributed by atoms with Crippen molar-refractivity contribution in [3.63, 3.8) is 0 Å². The molecule has 2 aromatic carbocycles. The highest BCUT2D eigenvalue weighted by Gasteiger charge is 2.23. The molecule has 0 aromatic heterocycles. The Kier molecular flexibility index (Phi) is 5.74. The summed E-state index contributed by atoms with van der Waals surface area (Å²) in [6.07, 6.45) is 2.48. The smallest absolute Gasteiger partial charge is 0.237 e. The molecule has 0 aliphatic carbocycles. The monoisotopic (exact) mass is 350 g/mol. The van der Waals surface area contributed by atoms with Crippen LogP contribution in [0.1, 0.15) is 34.8 Å². The molecular formula is C22H26N2O2. The van der Waals surface area contributed by atoms with Gasteiger partial charge in [-0.3, -0.25) is 4.79 Å². The zero-order valence-electron chi connectivity index (χ0n) is 15.4. The van der Waals surface area contributed by atoms with Gasteiger partial charge in [0.25, 0.3) is 0 Å². The molecule has 0 spiro atoms. The Hall–Kier alpha value is -2.59. The second kappa shape index (κ2) is 8.19. The minimum Gasteiger partial charge on any atom is -0.481 e. The molecular weight excluding hydrogens is 324 g/mol. The molecule has 0 saturated carbocycles. The van der Waals surface area contributed by atoms with Crippen LogP contribution in [0.5, 0.6) is 5.75 Å². The molecule has 2 N–H and O–H groups in total. The number of nitrogens with one attached hydrogen (secondary N) is 2. The maximum Gasteiger partial charge on any atom is 0.237 e. The maximum absolute atomic E-state index is 11.7. The first-order valence-electron chi connectivity index (χ1n) is 9.04. The second-order valence-electron chi connectivity index (χ2n) is 6.76. The van der Waals surface area contributed by atoms with Crippen LogP contribution in [0.4, 0.5) is 0 Å². The number of carbonyl (C=O) groups is 1. The quantitative estimate of drug-likeness (QED) is 0.751. The van der Waals surface area contributed by atoms with E-state index in [4.69, 9.17) is 4.74 Å². The van der Waals surface area contributed by atoms with Gasteiger partial charge in [-0.2, -0.15) is 0 Å². The van der Waals surface area contributed by atoms with Crippen molar-refractivity contribution in [1.29, 1.82) is 0 Å². The van der Waals surface area contributed by atoms with Gasteiger partial charge in [0, 0.05) is 13.1 Å². The van der Waals surface area contributed by atoms with Crippen molar-refractivity contribution in [2.75, 3.05) is 6.54 Å². The first-order chi connectivity index (χ1) is 12.6. The van der Waals surface area contributed by atoms with Crippen molar-refractivity contribution in [3.05, 3.63) is 77.4 Å². The normalized spacial score (nSPS) is 17.6. The number of hydrogen-bond acceptors (Lipinski definition) is 3. The Morgan fingerprint density at radius 2 is 1.96 bits per heavy atom. The van der Waals surface area contributed by atoms with Gasteiger partial charge in [0.15, 0.2) is 0 Å². The second-order valence-corrected chi connectivity index (χ2v) is 6.76. The summed E-state index contributed by atoms with van der Waals surface area (Å²) in [4.78, 5) is 11.7. The Morgan fingerprint density at radius 1 is 1.27 bits per heavy atom. The lowest BCUT2D eigenvalue weighted by molar-refractivity contribution is -0.120. The lowest BCUT2D eigenvalue weighted by Crippen LogP contribution is -2.35. The summed E-state index contributed by atoms with van der Waals surface area (Å²) in [6, 6.07) is 14.2. The van der Waals surface area contributed by atoms with Crippen molar-refractivity contribution >= 4 is 5.91 Å². The summed E-state index contributed by atoms with van der Waals surface area (Å²) in [5.74, 6) is 0.983. The number of carbonyl (C=O) groups excluding carboxylic acids is 1. The fraction of sp³-hybridized carbons (Fsp3) is 0.318. The highest BCUT2D eigenvalue weighted by Crippen LogP contribution is 2.30. The van der Waals surface area contributed by atoms with E-state index in [9.17, 15) is 4.79 Å². The molecule has 1 aliphatic rings. The number of ether oxygens (including phenoxy) is 1. The minimum atomic E-state index is -0.181. The lowest BCUT2D eigenvalue weighted by atomic mass is 10.0. The van der Waals surface area contributed by atoms with Crippen LogP contribution >= 0.6 is 0 Å². The largest absolute Gasteiger partial charge is 0.481 e. The van der Waals surface area contributed by atoms with E-state index in [2.05, 4.69) is 43.2 Å². The summed E-state index contributed by atoms with van der Waals surface area (Å²) >= 11 is 0. The first kappa shape index (κ1) is 18.2. The molecule has 0 bridgehead atoms. The molecule has 2 atom stereocenters. The van der Waals surface area contributed by atoms with Gasteiger partial charge >= 0.3 is 0 Å². The van der Waals surface area contributed by atoms with E-state index in [1.54, 1.807) is 0 Å². The molecule has 1 fully saturated rings. The van der Waals surface area contributed by atoms with E-state index in [-0.39, 0.29) is 18.1 Å². The molecule has 2 aromatic rings. The third-order valence-electron chi connectivity index (χ3n) is 4.71. The van der Waals surface area contributed by atoms with Crippen molar-refractivity contribution in [2.24, 2.45) is 0 Å². The van der Waals surface area contributed by atoms with E-state index in [1.807, 2.05) is 36.4 Å². The van der Waals surface area contributed by atoms with Gasteiger partial charge in [-0.1, -0.05) is 49.0 Å². The lowest BCUT2D eigenvalue weighted by Gasteiger charge is -2.20. The molecule has 4 heteroatoms. The minimum absolute atomic E-state index is 0.0882. The molecule has 4 nitrogen and oxygen atoms in total. The van der Waals surface area contributed by atoms with Crippen molar-refractivity contribution in [1.82, 2.24) is 10.6 Å². The number of hydrogen-bond donors (Lipinski definition) is 2. The summed E-state index contributed by atoms with van der Waals surface area (Å²) in [6.45, 7) is 9.45. The molecule has 136 valence electrons. The number of benzene rings is 2. The fourth-order valence-electron chi connectivity index (χ4n) is 3.38. The van der Waals surface area contributed by atoms with Crippen LogP contribution in [-0.2, 0) is 11.3 Å². The molecule has 1 heterocycles. The molecule has 1 aliphatic heterocycles. The van der Waals surface area contributed by atoms with Crippen LogP contribution < -0.4 is 15.4 Å². The zero-order valence-corrected chi connectivity index (χ0v) is 15.4. The SMILES string of the molecule is C=CC(Oc1c(C)cc(CNC2CCNC2=O)cc1C)c1ccccc1. The molecule has 2 unspecified atom stereocenters. The third-order valence-corrected chi connectivity index (χ3v) is 4.71. The average Bonchev–Trinajstić information content (AvgIpc) is 3.05. The van der Waals surface area contributed by atoms with Gasteiger partial charge in [0.05, 0.1) is 6.04 Å². The number of amides is 1. The van der Waals surface area contributed by atoms with Crippen LogP contribution in [0.25, 0.3) is 0 Å². The number of rotatable bonds is 7. The first-order valence-corrected chi connectivity index (χ1v) is 9.04. The molecule has 26 heavy (non-hydrogen) atoms. The Morgan fingerprint density at radius 3 is 2.54 bits per heavy atom. The van der Waals surface area contributed by atoms with E-state index >= 15 is 0 Å². The van der Waals surface area contributed by atoms with Crippen molar-refractivity contribution in [2.45, 2.75) is 39.0 Å². The predicted octanol–water partition coefficient (Wildman–Crippen LogP) is 3.59. The fourth-order valence-corrected chi connectivity index (χ4v) is 3.38. The Labute approximate surface area is 155 Å². The average molecular weight is 350 g/mol. The zero-order chi connectivity index (χ0) is 18.5. The molecule has 1 saturated heterocycles. The maximum atomic E-state index is 11.7. The summed E-state index contributed by atoms with van der Waals surface area (Å²) in [5.41, 5.74) is 4.40. The van der Waals surface area contributed by atoms with Gasteiger partial charge in [-0.15, -0.1) is 0 Å². The van der Waals surface area contributed by atoms with E-state index in [1.165, 1.54) is 0 Å². The van der Waals surface area contributed by atoms with E-state index < -0.39 is 0 Å².